The van der Waals surface area contributed by atoms with Crippen molar-refractivity contribution >= 4 is 28.9 Å². The number of aryl methyl sites for hydroxylation is 1. The molecule has 4 rings (SSSR count). The lowest BCUT2D eigenvalue weighted by molar-refractivity contribution is 0.425. The molecule has 0 unspecified atom stereocenters. The number of hydrogen-bond donors (Lipinski definition) is 1. The molecule has 2 aromatic rings. The van der Waals surface area contributed by atoms with Gasteiger partial charge in [0.05, 0.1) is 16.8 Å². The Morgan fingerprint density at radius 3 is 2.65 bits per heavy atom. The van der Waals surface area contributed by atoms with Crippen LogP contribution in [0.5, 0.6) is 0 Å². The van der Waals surface area contributed by atoms with Gasteiger partial charge in [0.2, 0.25) is 0 Å². The van der Waals surface area contributed by atoms with Crippen molar-refractivity contribution in [1.29, 1.82) is 0 Å². The molecule has 1 heterocycles. The third kappa shape index (κ3) is 2.56. The average Bonchev–Trinajstić information content (AvgIpc) is 3.04. The molecule has 0 spiro atoms. The van der Waals surface area contributed by atoms with E-state index in [9.17, 15) is 0 Å². The van der Waals surface area contributed by atoms with Crippen LogP contribution in [0.4, 0.5) is 5.69 Å². The van der Waals surface area contributed by atoms with Gasteiger partial charge >= 0.3 is 0 Å². The minimum atomic E-state index is 0.284. The zero-order valence-electron chi connectivity index (χ0n) is 13.0. The van der Waals surface area contributed by atoms with Crippen LogP contribution < -0.4 is 5.32 Å². The van der Waals surface area contributed by atoms with Crippen molar-refractivity contribution in [3.8, 4) is 0 Å². The number of benzene rings is 2. The summed E-state index contributed by atoms with van der Waals surface area (Å²) in [6.45, 7) is 2.19. The van der Waals surface area contributed by atoms with E-state index in [0.717, 1.165) is 18.5 Å². The highest BCUT2D eigenvalue weighted by atomic mass is 35.5. The van der Waals surface area contributed by atoms with Gasteiger partial charge in [-0.05, 0) is 47.6 Å². The molecule has 2 aromatic carbocycles. The number of allylic oxidation sites excluding steroid dienone is 2. The van der Waals surface area contributed by atoms with Gasteiger partial charge in [-0.15, -0.1) is 0 Å². The van der Waals surface area contributed by atoms with Crippen molar-refractivity contribution in [1.82, 2.24) is 0 Å². The summed E-state index contributed by atoms with van der Waals surface area (Å²) in [6, 6.07) is 13.1. The first-order chi connectivity index (χ1) is 11.2. The van der Waals surface area contributed by atoms with Crippen LogP contribution in [0.3, 0.4) is 0 Å². The molecule has 1 aliphatic carbocycles. The molecule has 0 aromatic heterocycles. The summed E-state index contributed by atoms with van der Waals surface area (Å²) in [6.07, 6.45) is 6.75. The van der Waals surface area contributed by atoms with Gasteiger partial charge in [0.25, 0.3) is 0 Å². The standard InChI is InChI=1S/C20H19Cl2N/c1-2-12-6-8-13(9-7-12)19-16-5-3-4-15(16)17-10-14(21)11-18(22)20(17)23-19/h3-4,6-11,15-16,19,23H,2,5H2,1H3/t15-,16-,19-/m0/s1. The van der Waals surface area contributed by atoms with E-state index in [1.54, 1.807) is 0 Å². The van der Waals surface area contributed by atoms with Crippen LogP contribution in [-0.4, -0.2) is 0 Å². The molecular formula is C20H19Cl2N. The molecule has 3 heteroatoms. The fourth-order valence-electron chi connectivity index (χ4n) is 3.91. The van der Waals surface area contributed by atoms with Crippen molar-refractivity contribution < 1.29 is 0 Å². The largest absolute Gasteiger partial charge is 0.376 e. The summed E-state index contributed by atoms with van der Waals surface area (Å²) in [5.74, 6) is 0.905. The van der Waals surface area contributed by atoms with Gasteiger partial charge in [0.1, 0.15) is 0 Å². The van der Waals surface area contributed by atoms with E-state index in [2.05, 4.69) is 54.7 Å². The van der Waals surface area contributed by atoms with E-state index in [0.29, 0.717) is 21.9 Å². The number of fused-ring (bicyclic) bond motifs is 3. The second-order valence-electron chi connectivity index (χ2n) is 6.42. The lowest BCUT2D eigenvalue weighted by Gasteiger charge is -2.38. The maximum Gasteiger partial charge on any atom is 0.0655 e. The van der Waals surface area contributed by atoms with Gasteiger partial charge < -0.3 is 5.32 Å². The zero-order chi connectivity index (χ0) is 16.0. The highest BCUT2D eigenvalue weighted by molar-refractivity contribution is 6.36. The van der Waals surface area contributed by atoms with E-state index < -0.39 is 0 Å². The maximum absolute atomic E-state index is 6.47. The number of rotatable bonds is 2. The average molecular weight is 344 g/mol. The molecule has 0 saturated carbocycles. The third-order valence-electron chi connectivity index (χ3n) is 5.13. The van der Waals surface area contributed by atoms with E-state index in [4.69, 9.17) is 23.2 Å². The summed E-state index contributed by atoms with van der Waals surface area (Å²) in [7, 11) is 0. The fraction of sp³-hybridized carbons (Fsp3) is 0.300. The number of anilines is 1. The smallest absolute Gasteiger partial charge is 0.0655 e. The summed E-state index contributed by atoms with van der Waals surface area (Å²) in [5, 5.41) is 5.11. The number of nitrogens with one attached hydrogen (secondary N) is 1. The number of halogens is 2. The van der Waals surface area contributed by atoms with Gasteiger partial charge in [0, 0.05) is 10.9 Å². The van der Waals surface area contributed by atoms with Crippen LogP contribution in [-0.2, 0) is 6.42 Å². The third-order valence-corrected chi connectivity index (χ3v) is 5.65. The Bertz CT molecular complexity index is 764. The Morgan fingerprint density at radius 1 is 1.13 bits per heavy atom. The molecular weight excluding hydrogens is 325 g/mol. The predicted octanol–water partition coefficient (Wildman–Crippen LogP) is 6.38. The van der Waals surface area contributed by atoms with Crippen LogP contribution in [0.2, 0.25) is 10.0 Å². The highest BCUT2D eigenvalue weighted by Gasteiger charge is 2.38. The Hall–Kier alpha value is -1.44. The second kappa shape index (κ2) is 5.89. The van der Waals surface area contributed by atoms with Crippen LogP contribution in [0.25, 0.3) is 0 Å². The highest BCUT2D eigenvalue weighted by Crippen LogP contribution is 2.52. The monoisotopic (exact) mass is 343 g/mol. The van der Waals surface area contributed by atoms with Gasteiger partial charge in [0.15, 0.2) is 0 Å². The lowest BCUT2D eigenvalue weighted by atomic mass is 9.77. The molecule has 2 aliphatic rings. The van der Waals surface area contributed by atoms with Crippen LogP contribution in [0.15, 0.2) is 48.6 Å². The van der Waals surface area contributed by atoms with Crippen molar-refractivity contribution in [3.63, 3.8) is 0 Å². The van der Waals surface area contributed by atoms with E-state index in [1.165, 1.54) is 16.7 Å². The molecule has 1 N–H and O–H groups in total. The van der Waals surface area contributed by atoms with Crippen LogP contribution in [0, 0.1) is 5.92 Å². The molecule has 0 fully saturated rings. The molecule has 0 saturated heterocycles. The van der Waals surface area contributed by atoms with Crippen LogP contribution >= 0.6 is 23.2 Å². The SMILES string of the molecule is CCc1ccc([C@@H]2Nc3c(Cl)cc(Cl)cc3[C@H]3C=CC[C@@H]32)cc1. The van der Waals surface area contributed by atoms with Crippen molar-refractivity contribution in [3.05, 3.63) is 75.3 Å². The molecule has 1 aliphatic heterocycles. The normalized spacial score (nSPS) is 24.9. The number of hydrogen-bond acceptors (Lipinski definition) is 1. The summed E-state index contributed by atoms with van der Waals surface area (Å²) < 4.78 is 0. The summed E-state index contributed by atoms with van der Waals surface area (Å²) in [5.41, 5.74) is 4.96. The second-order valence-corrected chi connectivity index (χ2v) is 7.27. The molecule has 3 atom stereocenters. The Labute approximate surface area is 147 Å². The van der Waals surface area contributed by atoms with E-state index in [-0.39, 0.29) is 6.04 Å². The molecule has 0 bridgehead atoms. The van der Waals surface area contributed by atoms with E-state index >= 15 is 0 Å². The molecule has 118 valence electrons. The first-order valence-electron chi connectivity index (χ1n) is 8.18. The molecule has 1 nitrogen and oxygen atoms in total. The van der Waals surface area contributed by atoms with Crippen molar-refractivity contribution in [2.24, 2.45) is 5.92 Å². The van der Waals surface area contributed by atoms with Crippen molar-refractivity contribution in [2.75, 3.05) is 5.32 Å². The molecule has 23 heavy (non-hydrogen) atoms. The minimum Gasteiger partial charge on any atom is -0.376 e. The Kier molecular flexibility index (Phi) is 3.87. The van der Waals surface area contributed by atoms with Gasteiger partial charge in [-0.1, -0.05) is 66.5 Å². The minimum absolute atomic E-state index is 0.284. The topological polar surface area (TPSA) is 12.0 Å². The first-order valence-corrected chi connectivity index (χ1v) is 8.94. The van der Waals surface area contributed by atoms with Gasteiger partial charge in [-0.25, -0.2) is 0 Å². The Balaban J connectivity index is 1.78. The lowest BCUT2D eigenvalue weighted by Crippen LogP contribution is -2.29. The predicted molar refractivity (Wildman–Crippen MR) is 98.6 cm³/mol. The summed E-state index contributed by atoms with van der Waals surface area (Å²) >= 11 is 12.7. The summed E-state index contributed by atoms with van der Waals surface area (Å²) in [4.78, 5) is 0. The first kappa shape index (κ1) is 15.1. The van der Waals surface area contributed by atoms with E-state index in [1.807, 2.05) is 6.07 Å². The van der Waals surface area contributed by atoms with Crippen molar-refractivity contribution in [2.45, 2.75) is 31.7 Å². The fourth-order valence-corrected chi connectivity index (χ4v) is 4.48. The zero-order valence-corrected chi connectivity index (χ0v) is 14.5. The van der Waals surface area contributed by atoms with Gasteiger partial charge in [-0.3, -0.25) is 0 Å². The van der Waals surface area contributed by atoms with Gasteiger partial charge in [-0.2, -0.15) is 0 Å². The maximum atomic E-state index is 6.47. The quantitative estimate of drug-likeness (QED) is 0.623. The Morgan fingerprint density at radius 2 is 1.91 bits per heavy atom. The molecule has 0 radical (unpaired) electrons. The molecule has 0 amide bonds. The van der Waals surface area contributed by atoms with Crippen LogP contribution in [0.1, 0.15) is 42.0 Å².